The van der Waals surface area contributed by atoms with E-state index in [9.17, 15) is 21.6 Å². The molecule has 120 valence electrons. The molecule has 1 rings (SSSR count). The molecule has 0 aliphatic rings. The quantitative estimate of drug-likeness (QED) is 0.745. The van der Waals surface area contributed by atoms with Crippen LogP contribution in [-0.2, 0) is 16.2 Å². The van der Waals surface area contributed by atoms with Crippen LogP contribution in [0.4, 0.5) is 18.9 Å². The first-order valence-electron chi connectivity index (χ1n) is 6.21. The largest absolute Gasteiger partial charge is 0.417 e. The molecule has 1 aromatic carbocycles. The number of nitrogens with one attached hydrogen (secondary N) is 1. The van der Waals surface area contributed by atoms with Crippen LogP contribution in [-0.4, -0.2) is 26.2 Å². The third-order valence-electron chi connectivity index (χ3n) is 2.93. The molecule has 0 aliphatic heterocycles. The Morgan fingerprint density at radius 3 is 2.43 bits per heavy atom. The first-order chi connectivity index (χ1) is 9.59. The van der Waals surface area contributed by atoms with E-state index in [2.05, 4.69) is 5.32 Å². The number of nitrogens with two attached hydrogens (primary N) is 1. The number of sulfonamides is 1. The molecule has 21 heavy (non-hydrogen) atoms. The van der Waals surface area contributed by atoms with Crippen molar-refractivity contribution in [3.8, 4) is 0 Å². The number of benzene rings is 1. The fourth-order valence-electron chi connectivity index (χ4n) is 1.86. The Balaban J connectivity index is 3.23. The summed E-state index contributed by atoms with van der Waals surface area (Å²) in [5.74, 6) is 0. The normalized spacial score (nSPS) is 14.0. The fraction of sp³-hybridized carbons (Fsp3) is 0.500. The van der Waals surface area contributed by atoms with E-state index in [1.54, 1.807) is 0 Å². The molecular formula is C12H17F3N2O3S. The van der Waals surface area contributed by atoms with Crippen molar-refractivity contribution in [3.05, 3.63) is 23.8 Å². The highest BCUT2D eigenvalue weighted by molar-refractivity contribution is 7.89. The fourth-order valence-corrected chi connectivity index (χ4v) is 2.60. The van der Waals surface area contributed by atoms with Gasteiger partial charge in [-0.05, 0) is 31.0 Å². The minimum atomic E-state index is -4.84. The highest BCUT2D eigenvalue weighted by Gasteiger charge is 2.36. The summed E-state index contributed by atoms with van der Waals surface area (Å²) in [6.07, 6.45) is -3.87. The molecule has 0 radical (unpaired) electrons. The first-order valence-corrected chi connectivity index (χ1v) is 7.75. The topological polar surface area (TPSA) is 92.4 Å². The monoisotopic (exact) mass is 326 g/mol. The molecular weight excluding hydrogens is 309 g/mol. The van der Waals surface area contributed by atoms with Gasteiger partial charge >= 0.3 is 6.18 Å². The van der Waals surface area contributed by atoms with Crippen molar-refractivity contribution in [2.45, 2.75) is 36.9 Å². The van der Waals surface area contributed by atoms with Crippen LogP contribution in [0, 0.1) is 0 Å². The van der Waals surface area contributed by atoms with Gasteiger partial charge in [0.1, 0.15) is 0 Å². The Morgan fingerprint density at radius 1 is 1.38 bits per heavy atom. The van der Waals surface area contributed by atoms with Crippen LogP contribution in [0.1, 0.15) is 25.3 Å². The van der Waals surface area contributed by atoms with Gasteiger partial charge in [-0.1, -0.05) is 6.92 Å². The van der Waals surface area contributed by atoms with Crippen molar-refractivity contribution in [1.29, 1.82) is 0 Å². The van der Waals surface area contributed by atoms with Gasteiger partial charge in [-0.15, -0.1) is 0 Å². The minimum Gasteiger partial charge on any atom is -0.396 e. The lowest BCUT2D eigenvalue weighted by Gasteiger charge is -2.19. The van der Waals surface area contributed by atoms with Gasteiger partial charge in [0.25, 0.3) is 0 Å². The Labute approximate surface area is 121 Å². The second kappa shape index (κ2) is 6.63. The average molecular weight is 326 g/mol. The molecule has 0 bridgehead atoms. The van der Waals surface area contributed by atoms with Gasteiger partial charge < -0.3 is 10.4 Å². The van der Waals surface area contributed by atoms with Crippen LogP contribution in [0.25, 0.3) is 0 Å². The highest BCUT2D eigenvalue weighted by atomic mass is 32.2. The lowest BCUT2D eigenvalue weighted by molar-refractivity contribution is -0.139. The third-order valence-corrected chi connectivity index (χ3v) is 3.90. The molecule has 0 aromatic heterocycles. The van der Waals surface area contributed by atoms with Gasteiger partial charge in [0.2, 0.25) is 10.0 Å². The number of alkyl halides is 3. The SMILES string of the molecule is CCC(CCO)Nc1ccc(S(N)(=O)=O)c(C(F)(F)F)c1. The maximum Gasteiger partial charge on any atom is 0.417 e. The van der Waals surface area contributed by atoms with Crippen LogP contribution in [0.5, 0.6) is 0 Å². The molecule has 0 spiro atoms. The lowest BCUT2D eigenvalue weighted by atomic mass is 10.1. The lowest BCUT2D eigenvalue weighted by Crippen LogP contribution is -2.22. The van der Waals surface area contributed by atoms with E-state index in [-0.39, 0.29) is 18.3 Å². The van der Waals surface area contributed by atoms with Crippen LogP contribution in [0.2, 0.25) is 0 Å². The summed E-state index contributed by atoms with van der Waals surface area (Å²) in [7, 11) is -4.47. The predicted octanol–water partition coefficient (Wildman–Crippen LogP) is 1.93. The van der Waals surface area contributed by atoms with Crippen molar-refractivity contribution in [1.82, 2.24) is 0 Å². The van der Waals surface area contributed by atoms with E-state index in [4.69, 9.17) is 10.2 Å². The molecule has 4 N–H and O–H groups in total. The van der Waals surface area contributed by atoms with Crippen molar-refractivity contribution in [3.63, 3.8) is 0 Å². The molecule has 1 unspecified atom stereocenters. The van der Waals surface area contributed by atoms with E-state index >= 15 is 0 Å². The molecule has 0 saturated carbocycles. The van der Waals surface area contributed by atoms with Crippen molar-refractivity contribution < 1.29 is 26.7 Å². The molecule has 5 nitrogen and oxygen atoms in total. The molecule has 1 atom stereocenters. The average Bonchev–Trinajstić information content (AvgIpc) is 2.35. The highest BCUT2D eigenvalue weighted by Crippen LogP contribution is 2.35. The number of anilines is 1. The molecule has 0 fully saturated rings. The number of primary sulfonamides is 1. The molecule has 9 heteroatoms. The van der Waals surface area contributed by atoms with Gasteiger partial charge in [-0.3, -0.25) is 0 Å². The van der Waals surface area contributed by atoms with Crippen molar-refractivity contribution in [2.24, 2.45) is 5.14 Å². The standard InChI is InChI=1S/C12H17F3N2O3S/c1-2-8(5-6-18)17-9-3-4-11(21(16,19)20)10(7-9)12(13,14)15/h3-4,7-8,17-18H,2,5-6H2,1H3,(H2,16,19,20). The van der Waals surface area contributed by atoms with Gasteiger partial charge in [0.15, 0.2) is 0 Å². The van der Waals surface area contributed by atoms with Crippen LogP contribution in [0.15, 0.2) is 23.1 Å². The number of rotatable bonds is 6. The van der Waals surface area contributed by atoms with Crippen LogP contribution < -0.4 is 10.5 Å². The van der Waals surface area contributed by atoms with Gasteiger partial charge in [-0.25, -0.2) is 13.6 Å². The summed E-state index contributed by atoms with van der Waals surface area (Å²) in [6, 6.07) is 2.54. The molecule has 0 heterocycles. The van der Waals surface area contributed by atoms with Gasteiger partial charge in [0.05, 0.1) is 10.5 Å². The van der Waals surface area contributed by atoms with Crippen LogP contribution >= 0.6 is 0 Å². The Morgan fingerprint density at radius 2 is 2.00 bits per heavy atom. The van der Waals surface area contributed by atoms with E-state index in [0.717, 1.165) is 6.07 Å². The Hall–Kier alpha value is -1.32. The molecule has 0 aliphatic carbocycles. The number of hydrogen-bond donors (Lipinski definition) is 3. The third kappa shape index (κ3) is 4.87. The number of aliphatic hydroxyl groups excluding tert-OH is 1. The smallest absolute Gasteiger partial charge is 0.396 e. The molecule has 1 aromatic rings. The van der Waals surface area contributed by atoms with Gasteiger partial charge in [0, 0.05) is 18.3 Å². The zero-order valence-electron chi connectivity index (χ0n) is 11.3. The summed E-state index contributed by atoms with van der Waals surface area (Å²) < 4.78 is 61.2. The van der Waals surface area contributed by atoms with E-state index in [1.807, 2.05) is 6.92 Å². The van der Waals surface area contributed by atoms with Crippen LogP contribution in [0.3, 0.4) is 0 Å². The number of aliphatic hydroxyl groups is 1. The predicted molar refractivity (Wildman–Crippen MR) is 72.2 cm³/mol. The van der Waals surface area contributed by atoms with Crippen molar-refractivity contribution >= 4 is 15.7 Å². The summed E-state index contributed by atoms with van der Waals surface area (Å²) in [4.78, 5) is -0.962. The van der Waals surface area contributed by atoms with E-state index in [1.165, 1.54) is 6.07 Å². The number of hydrogen-bond acceptors (Lipinski definition) is 4. The van der Waals surface area contributed by atoms with Crippen molar-refractivity contribution in [2.75, 3.05) is 11.9 Å². The summed E-state index contributed by atoms with van der Waals surface area (Å²) in [5.41, 5.74) is -1.19. The van der Waals surface area contributed by atoms with E-state index in [0.29, 0.717) is 18.9 Å². The summed E-state index contributed by atoms with van der Waals surface area (Å²) >= 11 is 0. The summed E-state index contributed by atoms with van der Waals surface area (Å²) in [6.45, 7) is 1.71. The second-order valence-corrected chi connectivity index (χ2v) is 6.05. The molecule has 0 saturated heterocycles. The van der Waals surface area contributed by atoms with Gasteiger partial charge in [-0.2, -0.15) is 13.2 Å². The maximum atomic E-state index is 12.9. The maximum absolute atomic E-state index is 12.9. The van der Waals surface area contributed by atoms with E-state index < -0.39 is 26.7 Å². The summed E-state index contributed by atoms with van der Waals surface area (Å²) in [5, 5.41) is 16.5. The minimum absolute atomic E-state index is 0.104. The zero-order chi connectivity index (χ0) is 16.3. The first kappa shape index (κ1) is 17.7. The number of halogens is 3. The second-order valence-electron chi connectivity index (χ2n) is 4.52. The Bertz CT molecular complexity index is 588. The molecule has 0 amide bonds. The zero-order valence-corrected chi connectivity index (χ0v) is 12.1. The Kier molecular flexibility index (Phi) is 5.60.